The molecule has 0 spiro atoms. The third-order valence-corrected chi connectivity index (χ3v) is 3.22. The molecule has 0 atom stereocenters. The number of rotatable bonds is 2. The minimum absolute atomic E-state index is 0.447. The quantitative estimate of drug-likeness (QED) is 0.668. The first-order valence-corrected chi connectivity index (χ1v) is 5.92. The molecule has 3 rings (SSSR count). The normalized spacial score (nSPS) is 10.9. The molecule has 0 aliphatic heterocycles. The van der Waals surface area contributed by atoms with Crippen molar-refractivity contribution in [3.8, 4) is 17.1 Å². The van der Waals surface area contributed by atoms with Crippen LogP contribution in [-0.4, -0.2) is 26.9 Å². The molecule has 0 radical (unpaired) electrons. The van der Waals surface area contributed by atoms with E-state index < -0.39 is 0 Å². The van der Waals surface area contributed by atoms with Gasteiger partial charge < -0.3 is 16.2 Å². The molecule has 0 unspecified atom stereocenters. The molecule has 0 aliphatic rings. The van der Waals surface area contributed by atoms with E-state index in [1.165, 1.54) is 11.3 Å². The lowest BCUT2D eigenvalue weighted by Crippen LogP contribution is -1.95. The number of anilines is 2. The van der Waals surface area contributed by atoms with E-state index in [-0.39, 0.29) is 0 Å². The van der Waals surface area contributed by atoms with E-state index in [1.807, 2.05) is 6.07 Å². The maximum Gasteiger partial charge on any atom is 0.236 e. The second-order valence-electron chi connectivity index (χ2n) is 3.62. The van der Waals surface area contributed by atoms with Gasteiger partial charge in [0.25, 0.3) is 0 Å². The van der Waals surface area contributed by atoms with Crippen LogP contribution in [0.5, 0.6) is 5.75 Å². The average molecular weight is 262 g/mol. The highest BCUT2D eigenvalue weighted by atomic mass is 32.1. The molecule has 0 bridgehead atoms. The van der Waals surface area contributed by atoms with Gasteiger partial charge in [0.05, 0.1) is 12.8 Å². The summed E-state index contributed by atoms with van der Waals surface area (Å²) in [6.45, 7) is 0. The summed E-state index contributed by atoms with van der Waals surface area (Å²) < 4.78 is 6.71. The Morgan fingerprint density at radius 1 is 1.28 bits per heavy atom. The van der Waals surface area contributed by atoms with Gasteiger partial charge >= 0.3 is 0 Å². The molecule has 2 aromatic heterocycles. The highest BCUT2D eigenvalue weighted by molar-refractivity contribution is 7.20. The molecule has 0 saturated carbocycles. The molecule has 18 heavy (non-hydrogen) atoms. The second-order valence-corrected chi connectivity index (χ2v) is 4.60. The smallest absolute Gasteiger partial charge is 0.236 e. The van der Waals surface area contributed by atoms with E-state index in [1.54, 1.807) is 23.8 Å². The summed E-state index contributed by atoms with van der Waals surface area (Å²) in [6, 6.07) is 5.40. The van der Waals surface area contributed by atoms with Crippen molar-refractivity contribution >= 4 is 27.1 Å². The van der Waals surface area contributed by atoms with E-state index in [0.717, 1.165) is 5.56 Å². The number of nitrogen functional groups attached to an aromatic ring is 2. The van der Waals surface area contributed by atoms with Crippen molar-refractivity contribution in [3.63, 3.8) is 0 Å². The van der Waals surface area contributed by atoms with Gasteiger partial charge in [0, 0.05) is 5.56 Å². The van der Waals surface area contributed by atoms with Crippen molar-refractivity contribution in [1.82, 2.24) is 19.8 Å². The largest absolute Gasteiger partial charge is 0.495 e. The van der Waals surface area contributed by atoms with Crippen LogP contribution in [0, 0.1) is 0 Å². The fourth-order valence-corrected chi connectivity index (χ4v) is 2.29. The number of methoxy groups -OCH3 is 1. The molecule has 92 valence electrons. The minimum atomic E-state index is 0.447. The van der Waals surface area contributed by atoms with E-state index in [9.17, 15) is 0 Å². The van der Waals surface area contributed by atoms with Crippen LogP contribution < -0.4 is 16.2 Å². The van der Waals surface area contributed by atoms with Gasteiger partial charge in [0.1, 0.15) is 5.75 Å². The van der Waals surface area contributed by atoms with Gasteiger partial charge in [-0.3, -0.25) is 0 Å². The zero-order valence-electron chi connectivity index (χ0n) is 9.49. The molecular formula is C10H10N6OS. The van der Waals surface area contributed by atoms with Crippen LogP contribution in [0.3, 0.4) is 0 Å². The minimum Gasteiger partial charge on any atom is -0.495 e. The van der Waals surface area contributed by atoms with Crippen LogP contribution in [0.1, 0.15) is 0 Å². The fraction of sp³-hybridized carbons (Fsp3) is 0.100. The summed E-state index contributed by atoms with van der Waals surface area (Å²) in [4.78, 5) is 0.650. The number of ether oxygens (including phenoxy) is 1. The summed E-state index contributed by atoms with van der Waals surface area (Å²) in [5.41, 5.74) is 12.8. The number of nitrogens with zero attached hydrogens (tertiary/aromatic N) is 4. The lowest BCUT2D eigenvalue weighted by atomic mass is 10.2. The van der Waals surface area contributed by atoms with Gasteiger partial charge in [-0.05, 0) is 18.2 Å². The van der Waals surface area contributed by atoms with Crippen molar-refractivity contribution in [2.45, 2.75) is 0 Å². The number of nitrogens with two attached hydrogens (primary N) is 2. The molecule has 0 fully saturated rings. The third-order valence-electron chi connectivity index (χ3n) is 2.49. The molecular weight excluding hydrogens is 252 g/mol. The molecule has 1 aromatic carbocycles. The first-order chi connectivity index (χ1) is 8.69. The van der Waals surface area contributed by atoms with Crippen LogP contribution >= 0.6 is 11.3 Å². The molecule has 8 heteroatoms. The molecule has 7 nitrogen and oxygen atoms in total. The van der Waals surface area contributed by atoms with Gasteiger partial charge in [-0.2, -0.15) is 4.52 Å². The molecule has 2 heterocycles. The van der Waals surface area contributed by atoms with Gasteiger partial charge in [0.15, 0.2) is 5.82 Å². The van der Waals surface area contributed by atoms with Crippen molar-refractivity contribution in [2.75, 3.05) is 18.6 Å². The number of hydrogen-bond acceptors (Lipinski definition) is 7. The second kappa shape index (κ2) is 3.84. The fourth-order valence-electron chi connectivity index (χ4n) is 1.69. The maximum absolute atomic E-state index is 5.86. The Bertz CT molecular complexity index is 718. The predicted octanol–water partition coefficient (Wildman–Crippen LogP) is 1.03. The van der Waals surface area contributed by atoms with Crippen molar-refractivity contribution in [2.24, 2.45) is 0 Å². The van der Waals surface area contributed by atoms with Gasteiger partial charge in [-0.25, -0.2) is 0 Å². The van der Waals surface area contributed by atoms with Crippen LogP contribution in [0.15, 0.2) is 18.2 Å². The lowest BCUT2D eigenvalue weighted by molar-refractivity contribution is 0.417. The van der Waals surface area contributed by atoms with E-state index in [2.05, 4.69) is 15.3 Å². The average Bonchev–Trinajstić information content (AvgIpc) is 2.87. The zero-order valence-corrected chi connectivity index (χ0v) is 10.3. The number of fused-ring (bicyclic) bond motifs is 1. The summed E-state index contributed by atoms with van der Waals surface area (Å²) in [5, 5.41) is 12.7. The SMILES string of the molecule is COc1ccc(-c2nnc3sc(N)nn23)cc1N. The Labute approximate surface area is 106 Å². The predicted molar refractivity (Wildman–Crippen MR) is 69.5 cm³/mol. The number of aromatic nitrogens is 4. The van der Waals surface area contributed by atoms with E-state index >= 15 is 0 Å². The Balaban J connectivity index is 2.16. The van der Waals surface area contributed by atoms with Crippen LogP contribution in [-0.2, 0) is 0 Å². The van der Waals surface area contributed by atoms with E-state index in [0.29, 0.717) is 27.4 Å². The first-order valence-electron chi connectivity index (χ1n) is 5.10. The van der Waals surface area contributed by atoms with E-state index in [4.69, 9.17) is 16.2 Å². The molecule has 0 amide bonds. The van der Waals surface area contributed by atoms with Crippen molar-refractivity contribution in [3.05, 3.63) is 18.2 Å². The van der Waals surface area contributed by atoms with Crippen LogP contribution in [0.2, 0.25) is 0 Å². The molecule has 3 aromatic rings. The van der Waals surface area contributed by atoms with Gasteiger partial charge in [-0.1, -0.05) is 11.3 Å². The number of hydrogen-bond donors (Lipinski definition) is 2. The highest BCUT2D eigenvalue weighted by Gasteiger charge is 2.13. The van der Waals surface area contributed by atoms with Gasteiger partial charge in [-0.15, -0.1) is 15.3 Å². The lowest BCUT2D eigenvalue weighted by Gasteiger charge is -2.05. The summed E-state index contributed by atoms with van der Waals surface area (Å²) >= 11 is 1.28. The Kier molecular flexibility index (Phi) is 2.30. The first kappa shape index (κ1) is 10.8. The number of benzene rings is 1. The van der Waals surface area contributed by atoms with Crippen molar-refractivity contribution in [1.29, 1.82) is 0 Å². The Morgan fingerprint density at radius 3 is 2.83 bits per heavy atom. The third kappa shape index (κ3) is 1.54. The molecule has 0 saturated heterocycles. The van der Waals surface area contributed by atoms with Crippen LogP contribution in [0.25, 0.3) is 16.3 Å². The topological polar surface area (TPSA) is 104 Å². The standard InChI is InChI=1S/C10H10N6OS/c1-17-7-3-2-5(4-6(7)11)8-13-14-10-16(8)15-9(12)18-10/h2-4H,11H2,1H3,(H2,12,15). The summed E-state index contributed by atoms with van der Waals surface area (Å²) in [7, 11) is 1.57. The summed E-state index contributed by atoms with van der Waals surface area (Å²) in [6.07, 6.45) is 0. The van der Waals surface area contributed by atoms with Crippen molar-refractivity contribution < 1.29 is 4.74 Å². The maximum atomic E-state index is 5.86. The Morgan fingerprint density at radius 2 is 2.11 bits per heavy atom. The Hall–Kier alpha value is -2.35. The van der Waals surface area contributed by atoms with Gasteiger partial charge in [0.2, 0.25) is 10.1 Å². The molecule has 0 aliphatic carbocycles. The zero-order chi connectivity index (χ0) is 12.7. The molecule has 4 N–H and O–H groups in total. The van der Waals surface area contributed by atoms with Crippen LogP contribution in [0.4, 0.5) is 10.8 Å². The summed E-state index contributed by atoms with van der Waals surface area (Å²) in [5.74, 6) is 1.23. The monoisotopic (exact) mass is 262 g/mol. The highest BCUT2D eigenvalue weighted by Crippen LogP contribution is 2.28.